The van der Waals surface area contributed by atoms with Crippen LogP contribution in [0.2, 0.25) is 0 Å². The maximum absolute atomic E-state index is 12.8. The van der Waals surface area contributed by atoms with Crippen LogP contribution in [-0.2, 0) is 9.59 Å². The highest BCUT2D eigenvalue weighted by molar-refractivity contribution is 9.10. The summed E-state index contributed by atoms with van der Waals surface area (Å²) in [6.45, 7) is 0. The number of carbonyl (C=O) groups is 3. The van der Waals surface area contributed by atoms with E-state index < -0.39 is 23.8 Å². The molecule has 2 amide bonds. The molecule has 0 fully saturated rings. The Morgan fingerprint density at radius 1 is 1.10 bits per heavy atom. The van der Waals surface area contributed by atoms with Crippen LogP contribution in [0.1, 0.15) is 22.3 Å². The first-order valence-corrected chi connectivity index (χ1v) is 11.0. The highest BCUT2D eigenvalue weighted by Gasteiger charge is 2.22. The molecule has 0 spiro atoms. The van der Waals surface area contributed by atoms with Gasteiger partial charge in [-0.1, -0.05) is 46.3 Å². The van der Waals surface area contributed by atoms with E-state index in [-0.39, 0.29) is 12.1 Å². The number of nitrogens with one attached hydrogen (secondary N) is 2. The normalized spacial score (nSPS) is 12.1. The molecule has 2 rings (SSSR count). The number of carbonyl (C=O) groups excluding carboxylic acids is 2. The lowest BCUT2D eigenvalue weighted by Crippen LogP contribution is -2.44. The van der Waals surface area contributed by atoms with Crippen LogP contribution in [0, 0.1) is 0 Å². The molecule has 0 bridgehead atoms. The van der Waals surface area contributed by atoms with Gasteiger partial charge in [0.15, 0.2) is 0 Å². The van der Waals surface area contributed by atoms with Crippen molar-refractivity contribution in [2.24, 2.45) is 0 Å². The summed E-state index contributed by atoms with van der Waals surface area (Å²) in [5.74, 6) is -1.66. The zero-order valence-electron chi connectivity index (χ0n) is 15.7. The molecule has 0 unspecified atom stereocenters. The smallest absolute Gasteiger partial charge is 0.326 e. The largest absolute Gasteiger partial charge is 0.480 e. The number of amides is 2. The predicted molar refractivity (Wildman–Crippen MR) is 119 cm³/mol. The van der Waals surface area contributed by atoms with Gasteiger partial charge in [-0.05, 0) is 54.3 Å². The Bertz CT molecular complexity index is 885. The van der Waals surface area contributed by atoms with Gasteiger partial charge in [-0.3, -0.25) is 9.59 Å². The van der Waals surface area contributed by atoms with Gasteiger partial charge in [0.05, 0.1) is 0 Å². The number of hydrogen-bond acceptors (Lipinski definition) is 4. The molecule has 2 aromatic carbocycles. The lowest BCUT2D eigenvalue weighted by Gasteiger charge is -2.16. The van der Waals surface area contributed by atoms with Gasteiger partial charge in [0, 0.05) is 10.0 Å². The van der Waals surface area contributed by atoms with Crippen LogP contribution in [0.4, 0.5) is 0 Å². The van der Waals surface area contributed by atoms with Gasteiger partial charge < -0.3 is 15.7 Å². The molecule has 0 aliphatic rings. The summed E-state index contributed by atoms with van der Waals surface area (Å²) in [4.78, 5) is 36.8. The van der Waals surface area contributed by atoms with Gasteiger partial charge in [0.25, 0.3) is 11.8 Å². The molecule has 0 aliphatic carbocycles. The molecule has 29 heavy (non-hydrogen) atoms. The molecule has 0 radical (unpaired) electrons. The Labute approximate surface area is 181 Å². The zero-order chi connectivity index (χ0) is 21.2. The van der Waals surface area contributed by atoms with E-state index in [2.05, 4.69) is 26.6 Å². The summed E-state index contributed by atoms with van der Waals surface area (Å²) in [6.07, 6.45) is 3.65. The highest BCUT2D eigenvalue weighted by atomic mass is 79.9. The molecule has 0 aromatic heterocycles. The minimum absolute atomic E-state index is 0.0282. The summed E-state index contributed by atoms with van der Waals surface area (Å²) in [5.41, 5.74) is 1.04. The minimum atomic E-state index is -1.12. The first kappa shape index (κ1) is 22.7. The van der Waals surface area contributed by atoms with Crippen LogP contribution in [-0.4, -0.2) is 40.9 Å². The van der Waals surface area contributed by atoms with E-state index >= 15 is 0 Å². The van der Waals surface area contributed by atoms with Crippen molar-refractivity contribution < 1.29 is 19.5 Å². The standard InChI is InChI=1S/C21H21BrN2O4S/c1-29-12-11-17(21(27)28)23-20(26)18(13-14-5-3-2-4-6-14)24-19(25)15-7-9-16(22)10-8-15/h2-10,13,17H,11-12H2,1H3,(H,23,26)(H,24,25)(H,27,28)/b18-13+/t17-/m1/s1. The molecule has 152 valence electrons. The Kier molecular flexibility index (Phi) is 8.95. The Morgan fingerprint density at radius 3 is 2.34 bits per heavy atom. The molecule has 2 aromatic rings. The average molecular weight is 477 g/mol. The molecule has 1 atom stereocenters. The average Bonchev–Trinajstić information content (AvgIpc) is 2.71. The quantitative estimate of drug-likeness (QED) is 0.481. The predicted octanol–water partition coefficient (Wildman–Crippen LogP) is 3.54. The van der Waals surface area contributed by atoms with E-state index in [0.717, 1.165) is 4.47 Å². The summed E-state index contributed by atoms with van der Waals surface area (Å²) < 4.78 is 0.824. The van der Waals surface area contributed by atoms with E-state index in [4.69, 9.17) is 0 Å². The Hall–Kier alpha value is -2.58. The molecule has 6 nitrogen and oxygen atoms in total. The number of carboxylic acid groups (broad SMARTS) is 1. The molecule has 3 N–H and O–H groups in total. The van der Waals surface area contributed by atoms with Gasteiger partial charge in [-0.25, -0.2) is 4.79 Å². The topological polar surface area (TPSA) is 95.5 Å². The zero-order valence-corrected chi connectivity index (χ0v) is 18.1. The third-order valence-corrected chi connectivity index (χ3v) is 5.10. The fraction of sp³-hybridized carbons (Fsp3) is 0.190. The second kappa shape index (κ2) is 11.4. The van der Waals surface area contributed by atoms with Gasteiger partial charge in [-0.15, -0.1) is 0 Å². The Balaban J connectivity index is 2.25. The first-order chi connectivity index (χ1) is 13.9. The lowest BCUT2D eigenvalue weighted by molar-refractivity contribution is -0.141. The van der Waals surface area contributed by atoms with E-state index in [1.165, 1.54) is 17.8 Å². The third-order valence-electron chi connectivity index (χ3n) is 3.92. The number of hydrogen-bond donors (Lipinski definition) is 3. The van der Waals surface area contributed by atoms with E-state index in [9.17, 15) is 19.5 Å². The van der Waals surface area contributed by atoms with Crippen LogP contribution >= 0.6 is 27.7 Å². The summed E-state index contributed by atoms with van der Waals surface area (Å²) in [6, 6.07) is 14.6. The molecule has 0 heterocycles. The maximum atomic E-state index is 12.8. The summed E-state index contributed by atoms with van der Waals surface area (Å²) in [5, 5.41) is 14.5. The lowest BCUT2D eigenvalue weighted by atomic mass is 10.1. The number of carboxylic acids is 1. The second-order valence-electron chi connectivity index (χ2n) is 6.08. The van der Waals surface area contributed by atoms with Crippen molar-refractivity contribution in [3.63, 3.8) is 0 Å². The first-order valence-electron chi connectivity index (χ1n) is 8.77. The molecular weight excluding hydrogens is 456 g/mol. The van der Waals surface area contributed by atoms with Crippen LogP contribution in [0.3, 0.4) is 0 Å². The minimum Gasteiger partial charge on any atom is -0.480 e. The van der Waals surface area contributed by atoms with Crippen LogP contribution in [0.5, 0.6) is 0 Å². The maximum Gasteiger partial charge on any atom is 0.326 e. The van der Waals surface area contributed by atoms with Crippen molar-refractivity contribution in [3.05, 3.63) is 75.9 Å². The van der Waals surface area contributed by atoms with E-state index in [1.54, 1.807) is 48.5 Å². The molecule has 0 saturated carbocycles. The molecule has 0 aliphatic heterocycles. The summed E-state index contributed by atoms with van der Waals surface area (Å²) in [7, 11) is 0. The van der Waals surface area contributed by atoms with Crippen molar-refractivity contribution >= 4 is 51.6 Å². The van der Waals surface area contributed by atoms with Crippen molar-refractivity contribution in [3.8, 4) is 0 Å². The monoisotopic (exact) mass is 476 g/mol. The molecular formula is C21H21BrN2O4S. The van der Waals surface area contributed by atoms with Crippen molar-refractivity contribution in [2.45, 2.75) is 12.5 Å². The number of benzene rings is 2. The van der Waals surface area contributed by atoms with Gasteiger partial charge in [0.2, 0.25) is 0 Å². The second-order valence-corrected chi connectivity index (χ2v) is 7.98. The van der Waals surface area contributed by atoms with Gasteiger partial charge >= 0.3 is 5.97 Å². The van der Waals surface area contributed by atoms with E-state index in [0.29, 0.717) is 16.9 Å². The Morgan fingerprint density at radius 2 is 1.76 bits per heavy atom. The van der Waals surface area contributed by atoms with Crippen LogP contribution in [0.15, 0.2) is 64.8 Å². The van der Waals surface area contributed by atoms with Crippen LogP contribution < -0.4 is 10.6 Å². The van der Waals surface area contributed by atoms with Crippen molar-refractivity contribution in [2.75, 3.05) is 12.0 Å². The molecule has 0 saturated heterocycles. The van der Waals surface area contributed by atoms with E-state index in [1.807, 2.05) is 12.3 Å². The fourth-order valence-electron chi connectivity index (χ4n) is 2.40. The van der Waals surface area contributed by atoms with Crippen molar-refractivity contribution in [1.29, 1.82) is 0 Å². The molecule has 8 heteroatoms. The van der Waals surface area contributed by atoms with Gasteiger partial charge in [-0.2, -0.15) is 11.8 Å². The highest BCUT2D eigenvalue weighted by Crippen LogP contribution is 2.12. The van der Waals surface area contributed by atoms with Crippen molar-refractivity contribution in [1.82, 2.24) is 10.6 Å². The number of thioether (sulfide) groups is 1. The fourth-order valence-corrected chi connectivity index (χ4v) is 3.13. The number of aliphatic carboxylic acids is 1. The van der Waals surface area contributed by atoms with Crippen LogP contribution in [0.25, 0.3) is 6.08 Å². The SMILES string of the molecule is CSCC[C@@H](NC(=O)/C(=C\c1ccccc1)NC(=O)c1ccc(Br)cc1)C(=O)O. The number of rotatable bonds is 9. The third kappa shape index (κ3) is 7.40. The summed E-state index contributed by atoms with van der Waals surface area (Å²) >= 11 is 4.80. The number of halogens is 1. The van der Waals surface area contributed by atoms with Gasteiger partial charge in [0.1, 0.15) is 11.7 Å².